The Kier molecular flexibility index (Phi) is 12.1. The average molecular weight is 335 g/mol. The molecule has 3 heteroatoms. The van der Waals surface area contributed by atoms with Crippen LogP contribution in [-0.4, -0.2) is 25.3 Å². The molecule has 1 aliphatic heterocycles. The second-order valence-corrected chi connectivity index (χ2v) is 6.30. The van der Waals surface area contributed by atoms with Gasteiger partial charge in [-0.3, -0.25) is 4.79 Å². The highest BCUT2D eigenvalue weighted by Crippen LogP contribution is 2.29. The Labute approximate surface area is 147 Å². The molecule has 1 heterocycles. The standard InChI is InChI=1S/C21H34O3/c1-3-4-5-6-7-8-9-10-13-16-19-20(24-19)17-14-11-12-15-18-21(22)23-2/h7-8,10-11,13-14,19-20H,3-6,9,12,15-18H2,1-2H3/b8-7+,13-10+,14-11+/t19-,20+/m0/s1. The fraction of sp³-hybridized carbons (Fsp3) is 0.667. The Balaban J connectivity index is 1.93. The van der Waals surface area contributed by atoms with Gasteiger partial charge in [-0.05, 0) is 44.9 Å². The molecule has 0 aliphatic carbocycles. The summed E-state index contributed by atoms with van der Waals surface area (Å²) < 4.78 is 10.3. The number of carbonyl (C=O) groups excluding carboxylic acids is 1. The molecule has 0 spiro atoms. The Morgan fingerprint density at radius 3 is 2.25 bits per heavy atom. The van der Waals surface area contributed by atoms with E-state index in [2.05, 4.69) is 48.1 Å². The van der Waals surface area contributed by atoms with Gasteiger partial charge in [-0.1, -0.05) is 56.2 Å². The van der Waals surface area contributed by atoms with Gasteiger partial charge in [-0.2, -0.15) is 0 Å². The summed E-state index contributed by atoms with van der Waals surface area (Å²) >= 11 is 0. The first-order chi connectivity index (χ1) is 11.8. The molecule has 24 heavy (non-hydrogen) atoms. The number of ether oxygens (including phenoxy) is 2. The van der Waals surface area contributed by atoms with E-state index in [1.165, 1.54) is 32.8 Å². The van der Waals surface area contributed by atoms with Crippen LogP contribution in [0.25, 0.3) is 0 Å². The Morgan fingerprint density at radius 2 is 1.54 bits per heavy atom. The number of rotatable bonds is 14. The van der Waals surface area contributed by atoms with Crippen LogP contribution in [0.1, 0.15) is 71.1 Å². The lowest BCUT2D eigenvalue weighted by Crippen LogP contribution is -1.98. The lowest BCUT2D eigenvalue weighted by Gasteiger charge is -1.95. The summed E-state index contributed by atoms with van der Waals surface area (Å²) in [4.78, 5) is 11.0. The number of unbranched alkanes of at least 4 members (excludes halogenated alkanes) is 4. The van der Waals surface area contributed by atoms with Crippen LogP contribution in [0, 0.1) is 0 Å². The molecule has 0 saturated carbocycles. The molecule has 1 saturated heterocycles. The number of esters is 1. The Bertz CT molecular complexity index is 409. The number of carbonyl (C=O) groups is 1. The van der Waals surface area contributed by atoms with Crippen molar-refractivity contribution >= 4 is 5.97 Å². The highest BCUT2D eigenvalue weighted by Gasteiger charge is 2.35. The summed E-state index contributed by atoms with van der Waals surface area (Å²) in [6.45, 7) is 2.24. The summed E-state index contributed by atoms with van der Waals surface area (Å²) in [6, 6.07) is 0. The highest BCUT2D eigenvalue weighted by atomic mass is 16.6. The Morgan fingerprint density at radius 1 is 0.917 bits per heavy atom. The first kappa shape index (κ1) is 20.7. The van der Waals surface area contributed by atoms with E-state index in [9.17, 15) is 4.79 Å². The van der Waals surface area contributed by atoms with Gasteiger partial charge in [0.2, 0.25) is 0 Å². The molecule has 0 aromatic rings. The summed E-state index contributed by atoms with van der Waals surface area (Å²) in [5.74, 6) is -0.128. The molecule has 0 amide bonds. The first-order valence-electron chi connectivity index (χ1n) is 9.45. The summed E-state index contributed by atoms with van der Waals surface area (Å²) in [6.07, 6.45) is 24.6. The second-order valence-electron chi connectivity index (χ2n) is 6.30. The van der Waals surface area contributed by atoms with E-state index in [-0.39, 0.29) is 5.97 Å². The molecule has 2 atom stereocenters. The van der Waals surface area contributed by atoms with Gasteiger partial charge < -0.3 is 9.47 Å². The van der Waals surface area contributed by atoms with Crippen molar-refractivity contribution in [3.05, 3.63) is 36.5 Å². The van der Waals surface area contributed by atoms with Crippen molar-refractivity contribution in [2.45, 2.75) is 83.3 Å². The lowest BCUT2D eigenvalue weighted by molar-refractivity contribution is -0.140. The molecule has 1 fully saturated rings. The number of allylic oxidation sites excluding steroid dienone is 4. The molecule has 0 aromatic heterocycles. The Hall–Kier alpha value is -1.35. The van der Waals surface area contributed by atoms with E-state index in [1.807, 2.05) is 0 Å². The maximum atomic E-state index is 11.0. The molecule has 0 N–H and O–H groups in total. The highest BCUT2D eigenvalue weighted by molar-refractivity contribution is 5.69. The van der Waals surface area contributed by atoms with E-state index in [0.717, 1.165) is 32.1 Å². The quantitative estimate of drug-likeness (QED) is 0.182. The van der Waals surface area contributed by atoms with Crippen LogP contribution in [-0.2, 0) is 14.3 Å². The maximum Gasteiger partial charge on any atom is 0.305 e. The molecule has 0 aromatic carbocycles. The van der Waals surface area contributed by atoms with Gasteiger partial charge in [-0.15, -0.1) is 0 Å². The van der Waals surface area contributed by atoms with E-state index in [4.69, 9.17) is 4.74 Å². The topological polar surface area (TPSA) is 38.8 Å². The van der Waals surface area contributed by atoms with Gasteiger partial charge in [0.15, 0.2) is 0 Å². The van der Waals surface area contributed by atoms with E-state index < -0.39 is 0 Å². The molecule has 1 aliphatic rings. The van der Waals surface area contributed by atoms with Crippen molar-refractivity contribution in [2.24, 2.45) is 0 Å². The van der Waals surface area contributed by atoms with Crippen LogP contribution in [0.5, 0.6) is 0 Å². The number of hydrogen-bond donors (Lipinski definition) is 0. The van der Waals surface area contributed by atoms with E-state index >= 15 is 0 Å². The van der Waals surface area contributed by atoms with Crippen LogP contribution in [0.2, 0.25) is 0 Å². The largest absolute Gasteiger partial charge is 0.469 e. The van der Waals surface area contributed by atoms with Crippen LogP contribution < -0.4 is 0 Å². The van der Waals surface area contributed by atoms with E-state index in [0.29, 0.717) is 18.6 Å². The molecule has 1 rings (SSSR count). The third kappa shape index (κ3) is 11.2. The van der Waals surface area contributed by atoms with Crippen molar-refractivity contribution in [3.63, 3.8) is 0 Å². The fourth-order valence-corrected chi connectivity index (χ4v) is 2.54. The van der Waals surface area contributed by atoms with Crippen molar-refractivity contribution in [2.75, 3.05) is 7.11 Å². The van der Waals surface area contributed by atoms with Gasteiger partial charge in [-0.25, -0.2) is 0 Å². The lowest BCUT2D eigenvalue weighted by atomic mass is 10.1. The monoisotopic (exact) mass is 334 g/mol. The van der Waals surface area contributed by atoms with Crippen LogP contribution in [0.3, 0.4) is 0 Å². The molecular weight excluding hydrogens is 300 g/mol. The van der Waals surface area contributed by atoms with Crippen LogP contribution in [0.15, 0.2) is 36.5 Å². The first-order valence-corrected chi connectivity index (χ1v) is 9.45. The minimum atomic E-state index is -0.128. The molecule has 0 unspecified atom stereocenters. The number of methoxy groups -OCH3 is 1. The van der Waals surface area contributed by atoms with Gasteiger partial charge >= 0.3 is 5.97 Å². The van der Waals surface area contributed by atoms with Crippen LogP contribution >= 0.6 is 0 Å². The zero-order valence-corrected chi connectivity index (χ0v) is 15.4. The summed E-state index contributed by atoms with van der Waals surface area (Å²) in [7, 11) is 1.43. The van der Waals surface area contributed by atoms with E-state index in [1.54, 1.807) is 0 Å². The van der Waals surface area contributed by atoms with Crippen molar-refractivity contribution < 1.29 is 14.3 Å². The molecule has 3 nitrogen and oxygen atoms in total. The predicted molar refractivity (Wildman–Crippen MR) is 99.9 cm³/mol. The maximum absolute atomic E-state index is 11.0. The third-order valence-electron chi connectivity index (χ3n) is 4.15. The van der Waals surface area contributed by atoms with Gasteiger partial charge in [0.05, 0.1) is 19.3 Å². The normalized spacial score (nSPS) is 20.4. The van der Waals surface area contributed by atoms with Gasteiger partial charge in [0, 0.05) is 6.42 Å². The zero-order valence-electron chi connectivity index (χ0n) is 15.4. The predicted octanol–water partition coefficient (Wildman–Crippen LogP) is 5.52. The molecule has 0 bridgehead atoms. The number of epoxide rings is 1. The second kappa shape index (κ2) is 14.0. The summed E-state index contributed by atoms with van der Waals surface area (Å²) in [5.41, 5.74) is 0. The van der Waals surface area contributed by atoms with Gasteiger partial charge in [0.25, 0.3) is 0 Å². The van der Waals surface area contributed by atoms with Gasteiger partial charge in [0.1, 0.15) is 0 Å². The van der Waals surface area contributed by atoms with Crippen molar-refractivity contribution in [1.29, 1.82) is 0 Å². The summed E-state index contributed by atoms with van der Waals surface area (Å²) in [5, 5.41) is 0. The smallest absolute Gasteiger partial charge is 0.305 e. The average Bonchev–Trinajstić information content (AvgIpc) is 3.34. The van der Waals surface area contributed by atoms with Crippen LogP contribution in [0.4, 0.5) is 0 Å². The minimum absolute atomic E-state index is 0.128. The third-order valence-corrected chi connectivity index (χ3v) is 4.15. The SMILES string of the molecule is CCCCC/C=C/C/C=C/C[C@@H]1O[C@@H]1C/C=C/CCCC(=O)OC. The molecular formula is C21H34O3. The number of hydrogen-bond acceptors (Lipinski definition) is 3. The molecule has 0 radical (unpaired) electrons. The molecule has 136 valence electrons. The zero-order chi connectivity index (χ0) is 17.5. The van der Waals surface area contributed by atoms with Crippen molar-refractivity contribution in [3.8, 4) is 0 Å². The minimum Gasteiger partial charge on any atom is -0.469 e. The fourth-order valence-electron chi connectivity index (χ4n) is 2.54. The van der Waals surface area contributed by atoms with Crippen molar-refractivity contribution in [1.82, 2.24) is 0 Å².